The standard InChI is InChI=1S/C13H16F3NO2/c1-18-12-8-10(9-4-6-17-7-5-9)2-3-11(12)19-13(14,15)16/h2-3,8-9,17H,4-7H2,1H3. The summed E-state index contributed by atoms with van der Waals surface area (Å²) >= 11 is 0. The minimum atomic E-state index is -4.70. The second-order valence-corrected chi connectivity index (χ2v) is 4.48. The van der Waals surface area contributed by atoms with E-state index in [9.17, 15) is 13.2 Å². The van der Waals surface area contributed by atoms with Crippen LogP contribution in [0.3, 0.4) is 0 Å². The molecule has 0 aromatic heterocycles. The van der Waals surface area contributed by atoms with Gasteiger partial charge >= 0.3 is 6.36 Å². The van der Waals surface area contributed by atoms with E-state index in [1.54, 1.807) is 12.1 Å². The van der Waals surface area contributed by atoms with E-state index in [-0.39, 0.29) is 11.5 Å². The fourth-order valence-corrected chi connectivity index (χ4v) is 2.30. The molecular formula is C13H16F3NO2. The molecule has 1 aliphatic heterocycles. The van der Waals surface area contributed by atoms with Gasteiger partial charge in [-0.2, -0.15) is 0 Å². The fourth-order valence-electron chi connectivity index (χ4n) is 2.30. The summed E-state index contributed by atoms with van der Waals surface area (Å²) in [6, 6.07) is 4.64. The zero-order valence-corrected chi connectivity index (χ0v) is 10.6. The Kier molecular flexibility index (Phi) is 4.19. The summed E-state index contributed by atoms with van der Waals surface area (Å²) in [6.45, 7) is 1.85. The van der Waals surface area contributed by atoms with E-state index < -0.39 is 6.36 Å². The third-order valence-electron chi connectivity index (χ3n) is 3.22. The number of alkyl halides is 3. The minimum Gasteiger partial charge on any atom is -0.493 e. The number of halogens is 3. The SMILES string of the molecule is COc1cc(C2CCNCC2)ccc1OC(F)(F)F. The third-order valence-corrected chi connectivity index (χ3v) is 3.22. The Morgan fingerprint density at radius 3 is 2.42 bits per heavy atom. The van der Waals surface area contributed by atoms with Crippen LogP contribution in [0.5, 0.6) is 11.5 Å². The van der Waals surface area contributed by atoms with Gasteiger partial charge in [-0.1, -0.05) is 6.07 Å². The molecule has 1 fully saturated rings. The van der Waals surface area contributed by atoms with E-state index in [1.165, 1.54) is 13.2 Å². The molecule has 6 heteroatoms. The van der Waals surface area contributed by atoms with Gasteiger partial charge in [-0.25, -0.2) is 0 Å². The second kappa shape index (κ2) is 5.69. The molecule has 0 bridgehead atoms. The van der Waals surface area contributed by atoms with Crippen LogP contribution in [0.25, 0.3) is 0 Å². The maximum Gasteiger partial charge on any atom is 0.573 e. The van der Waals surface area contributed by atoms with Gasteiger partial charge in [0.25, 0.3) is 0 Å². The molecule has 0 radical (unpaired) electrons. The van der Waals surface area contributed by atoms with Gasteiger partial charge in [0.15, 0.2) is 11.5 Å². The molecule has 0 atom stereocenters. The average molecular weight is 275 g/mol. The highest BCUT2D eigenvalue weighted by Gasteiger charge is 2.32. The molecule has 0 amide bonds. The smallest absolute Gasteiger partial charge is 0.493 e. The molecule has 1 aromatic rings. The number of nitrogens with one attached hydrogen (secondary N) is 1. The number of ether oxygens (including phenoxy) is 2. The third kappa shape index (κ3) is 3.76. The highest BCUT2D eigenvalue weighted by atomic mass is 19.4. The summed E-state index contributed by atoms with van der Waals surface area (Å²) in [4.78, 5) is 0. The van der Waals surface area contributed by atoms with Crippen LogP contribution in [0.15, 0.2) is 18.2 Å². The predicted molar refractivity (Wildman–Crippen MR) is 64.5 cm³/mol. The molecule has 3 nitrogen and oxygen atoms in total. The number of hydrogen-bond acceptors (Lipinski definition) is 3. The van der Waals surface area contributed by atoms with Gasteiger partial charge in [-0.05, 0) is 49.5 Å². The maximum absolute atomic E-state index is 12.2. The quantitative estimate of drug-likeness (QED) is 0.919. The normalized spacial score (nSPS) is 17.3. The van der Waals surface area contributed by atoms with Gasteiger partial charge in [-0.15, -0.1) is 13.2 Å². The molecule has 1 aliphatic rings. The number of piperidine rings is 1. The lowest BCUT2D eigenvalue weighted by molar-refractivity contribution is -0.275. The van der Waals surface area contributed by atoms with E-state index in [0.717, 1.165) is 31.5 Å². The van der Waals surface area contributed by atoms with Crippen molar-refractivity contribution < 1.29 is 22.6 Å². The summed E-state index contributed by atoms with van der Waals surface area (Å²) in [5.74, 6) is 0.177. The van der Waals surface area contributed by atoms with Crippen LogP contribution in [-0.2, 0) is 0 Å². The van der Waals surface area contributed by atoms with Gasteiger partial charge < -0.3 is 14.8 Å². The predicted octanol–water partition coefficient (Wildman–Crippen LogP) is 3.06. The highest BCUT2D eigenvalue weighted by molar-refractivity contribution is 5.44. The molecule has 0 spiro atoms. The highest BCUT2D eigenvalue weighted by Crippen LogP contribution is 2.36. The molecule has 1 aromatic carbocycles. The van der Waals surface area contributed by atoms with E-state index in [0.29, 0.717) is 5.92 Å². The van der Waals surface area contributed by atoms with Crippen LogP contribution in [-0.4, -0.2) is 26.6 Å². The summed E-state index contributed by atoms with van der Waals surface area (Å²) in [6.07, 6.45) is -2.76. The Morgan fingerprint density at radius 1 is 1.16 bits per heavy atom. The number of methoxy groups -OCH3 is 1. The second-order valence-electron chi connectivity index (χ2n) is 4.48. The van der Waals surface area contributed by atoms with Crippen molar-refractivity contribution in [2.45, 2.75) is 25.1 Å². The zero-order chi connectivity index (χ0) is 13.9. The lowest BCUT2D eigenvalue weighted by Gasteiger charge is -2.24. The van der Waals surface area contributed by atoms with Gasteiger partial charge in [0.2, 0.25) is 0 Å². The van der Waals surface area contributed by atoms with Crippen molar-refractivity contribution in [1.29, 1.82) is 0 Å². The molecule has 1 saturated heterocycles. The Balaban J connectivity index is 2.20. The minimum absolute atomic E-state index is 0.119. The Morgan fingerprint density at radius 2 is 1.84 bits per heavy atom. The van der Waals surface area contributed by atoms with Crippen LogP contribution in [0, 0.1) is 0 Å². The number of rotatable bonds is 3. The van der Waals surface area contributed by atoms with E-state index in [2.05, 4.69) is 10.1 Å². The maximum atomic E-state index is 12.2. The Labute approximate surface area is 109 Å². The van der Waals surface area contributed by atoms with Crippen molar-refractivity contribution in [2.75, 3.05) is 20.2 Å². The summed E-state index contributed by atoms with van der Waals surface area (Å²) < 4.78 is 45.6. The van der Waals surface area contributed by atoms with E-state index in [4.69, 9.17) is 4.74 Å². The Bertz CT molecular complexity index is 428. The van der Waals surface area contributed by atoms with Gasteiger partial charge in [-0.3, -0.25) is 0 Å². The van der Waals surface area contributed by atoms with Crippen molar-refractivity contribution in [3.05, 3.63) is 23.8 Å². The van der Waals surface area contributed by atoms with E-state index >= 15 is 0 Å². The molecule has 0 unspecified atom stereocenters. The lowest BCUT2D eigenvalue weighted by Crippen LogP contribution is -2.26. The molecular weight excluding hydrogens is 259 g/mol. The summed E-state index contributed by atoms with van der Waals surface area (Å²) in [7, 11) is 1.34. The first kappa shape index (κ1) is 14.0. The van der Waals surface area contributed by atoms with Crippen molar-refractivity contribution in [2.24, 2.45) is 0 Å². The van der Waals surface area contributed by atoms with Crippen LogP contribution < -0.4 is 14.8 Å². The van der Waals surface area contributed by atoms with Gasteiger partial charge in [0, 0.05) is 0 Å². The van der Waals surface area contributed by atoms with Crippen molar-refractivity contribution in [3.63, 3.8) is 0 Å². The largest absolute Gasteiger partial charge is 0.573 e. The van der Waals surface area contributed by atoms with Crippen molar-refractivity contribution >= 4 is 0 Å². The summed E-state index contributed by atoms with van der Waals surface area (Å²) in [5, 5.41) is 3.25. The first-order valence-corrected chi connectivity index (χ1v) is 6.14. The fraction of sp³-hybridized carbons (Fsp3) is 0.538. The summed E-state index contributed by atoms with van der Waals surface area (Å²) in [5.41, 5.74) is 0.993. The topological polar surface area (TPSA) is 30.5 Å². The van der Waals surface area contributed by atoms with Crippen LogP contribution >= 0.6 is 0 Å². The van der Waals surface area contributed by atoms with Crippen molar-refractivity contribution in [1.82, 2.24) is 5.32 Å². The number of benzene rings is 1. The zero-order valence-electron chi connectivity index (χ0n) is 10.6. The first-order valence-electron chi connectivity index (χ1n) is 6.14. The average Bonchev–Trinajstić information content (AvgIpc) is 2.38. The van der Waals surface area contributed by atoms with Gasteiger partial charge in [0.05, 0.1) is 7.11 Å². The molecule has 2 rings (SSSR count). The molecule has 106 valence electrons. The lowest BCUT2D eigenvalue weighted by atomic mass is 9.90. The monoisotopic (exact) mass is 275 g/mol. The molecule has 19 heavy (non-hydrogen) atoms. The first-order chi connectivity index (χ1) is 8.99. The van der Waals surface area contributed by atoms with Crippen molar-refractivity contribution in [3.8, 4) is 11.5 Å². The molecule has 0 aliphatic carbocycles. The molecule has 1 heterocycles. The number of hydrogen-bond donors (Lipinski definition) is 1. The molecule has 1 N–H and O–H groups in total. The van der Waals surface area contributed by atoms with E-state index in [1.807, 2.05) is 0 Å². The molecule has 0 saturated carbocycles. The van der Waals surface area contributed by atoms with Crippen LogP contribution in [0.4, 0.5) is 13.2 Å². The van der Waals surface area contributed by atoms with Crippen LogP contribution in [0.2, 0.25) is 0 Å². The Hall–Kier alpha value is -1.43. The van der Waals surface area contributed by atoms with Crippen LogP contribution in [0.1, 0.15) is 24.3 Å². The van der Waals surface area contributed by atoms with Gasteiger partial charge in [0.1, 0.15) is 0 Å².